The van der Waals surface area contributed by atoms with Crippen LogP contribution in [-0.4, -0.2) is 9.55 Å². The molecule has 0 atom stereocenters. The minimum absolute atomic E-state index is 0.0865. The van der Waals surface area contributed by atoms with Gasteiger partial charge in [-0.1, -0.05) is 29.8 Å². The first kappa shape index (κ1) is 12.8. The molecule has 0 aliphatic carbocycles. The number of hydrogen-bond acceptors (Lipinski definition) is 1. The van der Waals surface area contributed by atoms with Gasteiger partial charge in [0.2, 0.25) is 0 Å². The van der Waals surface area contributed by atoms with Crippen molar-refractivity contribution in [2.45, 2.75) is 39.2 Å². The lowest BCUT2D eigenvalue weighted by molar-refractivity contribution is 0.299. The molecule has 0 saturated heterocycles. The summed E-state index contributed by atoms with van der Waals surface area (Å²) in [5.74, 6) is 0. The Morgan fingerprint density at radius 1 is 1.35 bits per heavy atom. The van der Waals surface area contributed by atoms with Crippen LogP contribution in [-0.2, 0) is 5.54 Å². The van der Waals surface area contributed by atoms with Crippen molar-refractivity contribution in [2.24, 2.45) is 0 Å². The largest absolute Gasteiger partial charge is 0.331 e. The molecule has 0 aliphatic rings. The Balaban J connectivity index is 2.77. The summed E-state index contributed by atoms with van der Waals surface area (Å²) in [6.07, 6.45) is 2.14. The molecule has 4 heteroatoms. The number of aromatic amines is 1. The molecule has 1 aromatic carbocycles. The Morgan fingerprint density at radius 3 is 2.59 bits per heavy atom. The van der Waals surface area contributed by atoms with Gasteiger partial charge >= 0.3 is 0 Å². The number of fused-ring (bicyclic) bond motifs is 1. The highest BCUT2D eigenvalue weighted by Crippen LogP contribution is 2.30. The first-order valence-corrected chi connectivity index (χ1v) is 7.12. The quantitative estimate of drug-likeness (QED) is 0.791. The number of benzene rings is 1. The number of halogens is 1. The smallest absolute Gasteiger partial charge is 0.178 e. The van der Waals surface area contributed by atoms with Gasteiger partial charge in [-0.25, -0.2) is 0 Å². The Hall–Kier alpha value is -0.610. The van der Waals surface area contributed by atoms with Crippen LogP contribution in [0.5, 0.6) is 0 Å². The molecule has 1 heterocycles. The topological polar surface area (TPSA) is 20.7 Å². The second kappa shape index (κ2) is 4.58. The Bertz CT molecular complexity index is 593. The predicted molar refractivity (Wildman–Crippen MR) is 79.1 cm³/mol. The third kappa shape index (κ3) is 2.08. The molecular weight excluding hydrogens is 296 g/mol. The lowest BCUT2D eigenvalue weighted by atomic mass is 9.95. The van der Waals surface area contributed by atoms with Crippen LogP contribution in [0, 0.1) is 4.77 Å². The SMILES string of the molecule is CCC(C)(CC)n1c(=S)[nH]c2cc(Br)ccc21. The molecular formula is C13H17BrN2S. The summed E-state index contributed by atoms with van der Waals surface area (Å²) in [4.78, 5) is 3.29. The summed E-state index contributed by atoms with van der Waals surface area (Å²) in [7, 11) is 0. The minimum atomic E-state index is 0.0865. The van der Waals surface area contributed by atoms with Crippen LogP contribution in [0.15, 0.2) is 22.7 Å². The number of H-pyrrole nitrogens is 1. The molecule has 2 aromatic rings. The van der Waals surface area contributed by atoms with Gasteiger partial charge in [-0.2, -0.15) is 0 Å². The molecule has 1 aromatic heterocycles. The molecule has 2 nitrogen and oxygen atoms in total. The van der Waals surface area contributed by atoms with Crippen molar-refractivity contribution in [3.8, 4) is 0 Å². The van der Waals surface area contributed by atoms with Gasteiger partial charge in [-0.05, 0) is 50.2 Å². The van der Waals surface area contributed by atoms with Crippen molar-refractivity contribution in [1.29, 1.82) is 0 Å². The molecule has 0 saturated carbocycles. The lowest BCUT2D eigenvalue weighted by Crippen LogP contribution is -2.28. The number of rotatable bonds is 3. The second-order valence-electron chi connectivity index (χ2n) is 4.63. The van der Waals surface area contributed by atoms with Gasteiger partial charge in [-0.15, -0.1) is 0 Å². The summed E-state index contributed by atoms with van der Waals surface area (Å²) in [5, 5.41) is 0. The van der Waals surface area contributed by atoms with Gasteiger partial charge in [0.15, 0.2) is 4.77 Å². The van der Waals surface area contributed by atoms with Gasteiger partial charge in [0, 0.05) is 10.0 Å². The van der Waals surface area contributed by atoms with Crippen LogP contribution in [0.2, 0.25) is 0 Å². The van der Waals surface area contributed by atoms with E-state index in [1.54, 1.807) is 0 Å². The summed E-state index contributed by atoms with van der Waals surface area (Å²) in [5.41, 5.74) is 2.37. The monoisotopic (exact) mass is 312 g/mol. The number of hydrogen-bond donors (Lipinski definition) is 1. The fourth-order valence-corrected chi connectivity index (χ4v) is 2.98. The number of aromatic nitrogens is 2. The van der Waals surface area contributed by atoms with E-state index in [1.165, 1.54) is 5.52 Å². The summed E-state index contributed by atoms with van der Waals surface area (Å²) in [6, 6.07) is 6.26. The Morgan fingerprint density at radius 2 is 2.00 bits per heavy atom. The molecule has 0 spiro atoms. The van der Waals surface area contributed by atoms with Crippen molar-refractivity contribution in [2.75, 3.05) is 0 Å². The highest BCUT2D eigenvalue weighted by atomic mass is 79.9. The van der Waals surface area contributed by atoms with E-state index in [1.807, 2.05) is 0 Å². The van der Waals surface area contributed by atoms with Crippen molar-refractivity contribution in [3.05, 3.63) is 27.4 Å². The summed E-state index contributed by atoms with van der Waals surface area (Å²) < 4.78 is 4.14. The van der Waals surface area contributed by atoms with E-state index in [2.05, 4.69) is 64.5 Å². The molecule has 0 fully saturated rings. The predicted octanol–water partition coefficient (Wildman–Crippen LogP) is 5.00. The van der Waals surface area contributed by atoms with E-state index in [9.17, 15) is 0 Å². The number of imidazole rings is 1. The van der Waals surface area contributed by atoms with Crippen LogP contribution >= 0.6 is 28.1 Å². The lowest BCUT2D eigenvalue weighted by Gasteiger charge is -2.29. The van der Waals surface area contributed by atoms with Crippen LogP contribution in [0.4, 0.5) is 0 Å². The van der Waals surface area contributed by atoms with E-state index in [4.69, 9.17) is 12.2 Å². The fourth-order valence-electron chi connectivity index (χ4n) is 2.19. The first-order chi connectivity index (χ1) is 8.01. The fraction of sp³-hybridized carbons (Fsp3) is 0.462. The number of nitrogens with one attached hydrogen (secondary N) is 1. The maximum atomic E-state index is 5.47. The van der Waals surface area contributed by atoms with Crippen molar-refractivity contribution < 1.29 is 0 Å². The van der Waals surface area contributed by atoms with Gasteiger partial charge in [0.05, 0.1) is 11.0 Å². The highest BCUT2D eigenvalue weighted by Gasteiger charge is 2.24. The van der Waals surface area contributed by atoms with Crippen LogP contribution in [0.1, 0.15) is 33.6 Å². The zero-order valence-electron chi connectivity index (χ0n) is 10.4. The van der Waals surface area contributed by atoms with Crippen LogP contribution in [0.3, 0.4) is 0 Å². The molecule has 0 aliphatic heterocycles. The molecule has 0 bridgehead atoms. The van der Waals surface area contributed by atoms with E-state index in [-0.39, 0.29) is 5.54 Å². The number of nitrogens with zero attached hydrogens (tertiary/aromatic N) is 1. The van der Waals surface area contributed by atoms with Gasteiger partial charge in [0.25, 0.3) is 0 Å². The zero-order valence-corrected chi connectivity index (χ0v) is 12.8. The molecule has 92 valence electrons. The van der Waals surface area contributed by atoms with Gasteiger partial charge < -0.3 is 9.55 Å². The van der Waals surface area contributed by atoms with E-state index in [0.29, 0.717) is 0 Å². The zero-order chi connectivity index (χ0) is 12.6. The standard InChI is InChI=1S/C13H17BrN2S/c1-4-13(3,5-2)16-11-7-6-9(14)8-10(11)15-12(16)17/h6-8H,4-5H2,1-3H3,(H,15,17). The van der Waals surface area contributed by atoms with E-state index in [0.717, 1.165) is 27.6 Å². The van der Waals surface area contributed by atoms with Crippen LogP contribution < -0.4 is 0 Å². The van der Waals surface area contributed by atoms with Gasteiger partial charge in [-0.3, -0.25) is 0 Å². The molecule has 1 N–H and O–H groups in total. The van der Waals surface area contributed by atoms with Crippen molar-refractivity contribution >= 4 is 39.2 Å². The highest BCUT2D eigenvalue weighted by molar-refractivity contribution is 9.10. The molecule has 0 amide bonds. The maximum Gasteiger partial charge on any atom is 0.178 e. The average Bonchev–Trinajstić information content (AvgIpc) is 2.64. The molecule has 0 radical (unpaired) electrons. The molecule has 2 rings (SSSR count). The van der Waals surface area contributed by atoms with Crippen molar-refractivity contribution in [3.63, 3.8) is 0 Å². The van der Waals surface area contributed by atoms with E-state index >= 15 is 0 Å². The van der Waals surface area contributed by atoms with E-state index < -0.39 is 0 Å². The molecule has 17 heavy (non-hydrogen) atoms. The van der Waals surface area contributed by atoms with Gasteiger partial charge in [0.1, 0.15) is 0 Å². The summed E-state index contributed by atoms with van der Waals surface area (Å²) in [6.45, 7) is 6.68. The Kier molecular flexibility index (Phi) is 3.46. The third-order valence-corrected chi connectivity index (χ3v) is 4.49. The normalized spacial score (nSPS) is 12.2. The Labute approximate surface area is 115 Å². The average molecular weight is 313 g/mol. The minimum Gasteiger partial charge on any atom is -0.331 e. The maximum absolute atomic E-state index is 5.47. The molecule has 0 unspecified atom stereocenters. The second-order valence-corrected chi connectivity index (χ2v) is 5.93. The van der Waals surface area contributed by atoms with Crippen LogP contribution in [0.25, 0.3) is 11.0 Å². The third-order valence-electron chi connectivity index (χ3n) is 3.71. The van der Waals surface area contributed by atoms with Crippen molar-refractivity contribution in [1.82, 2.24) is 9.55 Å². The summed E-state index contributed by atoms with van der Waals surface area (Å²) >= 11 is 8.96. The first-order valence-electron chi connectivity index (χ1n) is 5.92.